The highest BCUT2D eigenvalue weighted by atomic mass is 35.5. The number of nitrogens with one attached hydrogen (secondary N) is 1. The SMILES string of the molecule is CC1CCc2nc3ccccc3c(C(=O)OCc3nc4cc(Cl)ccc4c(=O)[nH]3)c2C1. The molecule has 0 radical (unpaired) electrons. The minimum Gasteiger partial charge on any atom is -0.454 e. The molecule has 1 aliphatic carbocycles. The average Bonchev–Trinajstić information content (AvgIpc) is 2.75. The summed E-state index contributed by atoms with van der Waals surface area (Å²) in [5.74, 6) is 0.316. The van der Waals surface area contributed by atoms with E-state index in [1.54, 1.807) is 18.2 Å². The Balaban J connectivity index is 1.51. The van der Waals surface area contributed by atoms with Crippen LogP contribution in [0.15, 0.2) is 47.3 Å². The molecule has 1 atom stereocenters. The Morgan fingerprint density at radius 1 is 1.16 bits per heavy atom. The first-order valence-electron chi connectivity index (χ1n) is 10.3. The maximum atomic E-state index is 13.2. The van der Waals surface area contributed by atoms with E-state index in [0.717, 1.165) is 41.4 Å². The second-order valence-electron chi connectivity index (χ2n) is 8.03. The Morgan fingerprint density at radius 2 is 2.00 bits per heavy atom. The molecule has 0 amide bonds. The fraction of sp³-hybridized carbons (Fsp3) is 0.250. The van der Waals surface area contributed by atoms with E-state index in [2.05, 4.69) is 16.9 Å². The van der Waals surface area contributed by atoms with E-state index < -0.39 is 5.97 Å². The molecule has 6 nitrogen and oxygen atoms in total. The van der Waals surface area contributed by atoms with Gasteiger partial charge in [0.2, 0.25) is 0 Å². The van der Waals surface area contributed by atoms with Gasteiger partial charge in [0.05, 0.1) is 22.0 Å². The highest BCUT2D eigenvalue weighted by Crippen LogP contribution is 2.32. The van der Waals surface area contributed by atoms with Crippen LogP contribution >= 0.6 is 11.6 Å². The average molecular weight is 434 g/mol. The number of H-pyrrole nitrogens is 1. The Labute approximate surface area is 183 Å². The number of para-hydroxylation sites is 1. The van der Waals surface area contributed by atoms with Crippen LogP contribution in [-0.2, 0) is 24.2 Å². The first kappa shape index (κ1) is 19.7. The molecule has 2 heterocycles. The standard InChI is InChI=1S/C24H20ClN3O3/c1-13-6-9-19-17(10-13)22(15-4-2-3-5-18(15)26-19)24(30)31-12-21-27-20-11-14(25)7-8-16(20)23(29)28-21/h2-5,7-8,11,13H,6,9-10,12H2,1H3,(H,27,28,29). The molecule has 4 aromatic rings. The van der Waals surface area contributed by atoms with Gasteiger partial charge in [-0.15, -0.1) is 0 Å². The number of aryl methyl sites for hydroxylation is 1. The molecule has 1 N–H and O–H groups in total. The van der Waals surface area contributed by atoms with Crippen LogP contribution in [0.4, 0.5) is 0 Å². The van der Waals surface area contributed by atoms with Crippen molar-refractivity contribution in [1.82, 2.24) is 15.0 Å². The zero-order chi connectivity index (χ0) is 21.5. The maximum Gasteiger partial charge on any atom is 0.339 e. The van der Waals surface area contributed by atoms with Crippen LogP contribution in [0.2, 0.25) is 5.02 Å². The molecule has 2 aromatic carbocycles. The number of benzene rings is 2. The van der Waals surface area contributed by atoms with Crippen LogP contribution in [0.1, 0.15) is 40.8 Å². The summed E-state index contributed by atoms with van der Waals surface area (Å²) in [5.41, 5.74) is 3.45. The van der Waals surface area contributed by atoms with Crippen molar-refractivity contribution in [2.24, 2.45) is 5.92 Å². The van der Waals surface area contributed by atoms with Crippen LogP contribution in [0, 0.1) is 5.92 Å². The number of carbonyl (C=O) groups excluding carboxylic acids is 1. The Kier molecular flexibility index (Phi) is 4.94. The smallest absolute Gasteiger partial charge is 0.339 e. The first-order valence-corrected chi connectivity index (χ1v) is 10.6. The van der Waals surface area contributed by atoms with Gasteiger partial charge < -0.3 is 9.72 Å². The summed E-state index contributed by atoms with van der Waals surface area (Å²) in [6, 6.07) is 12.5. The van der Waals surface area contributed by atoms with Gasteiger partial charge in [-0.2, -0.15) is 0 Å². The fourth-order valence-corrected chi connectivity index (χ4v) is 4.40. The number of rotatable bonds is 3. The van der Waals surface area contributed by atoms with Crippen LogP contribution in [-0.4, -0.2) is 20.9 Å². The number of carbonyl (C=O) groups is 1. The van der Waals surface area contributed by atoms with E-state index >= 15 is 0 Å². The molecule has 0 saturated carbocycles. The van der Waals surface area contributed by atoms with Gasteiger partial charge in [-0.1, -0.05) is 36.7 Å². The largest absolute Gasteiger partial charge is 0.454 e. The monoisotopic (exact) mass is 433 g/mol. The van der Waals surface area contributed by atoms with Crippen molar-refractivity contribution in [2.45, 2.75) is 32.8 Å². The molecule has 0 aliphatic heterocycles. The molecule has 1 unspecified atom stereocenters. The summed E-state index contributed by atoms with van der Waals surface area (Å²) in [6.07, 6.45) is 2.70. The number of halogens is 1. The number of hydrogen-bond donors (Lipinski definition) is 1. The van der Waals surface area contributed by atoms with Crippen LogP contribution in [0.3, 0.4) is 0 Å². The van der Waals surface area contributed by atoms with Gasteiger partial charge in [-0.3, -0.25) is 9.78 Å². The minimum absolute atomic E-state index is 0.141. The fourth-order valence-electron chi connectivity index (χ4n) is 4.23. The number of esters is 1. The summed E-state index contributed by atoms with van der Waals surface area (Å²) < 4.78 is 5.63. The van der Waals surface area contributed by atoms with E-state index in [0.29, 0.717) is 27.4 Å². The van der Waals surface area contributed by atoms with Crippen LogP contribution in [0.5, 0.6) is 0 Å². The first-order chi connectivity index (χ1) is 15.0. The number of nitrogens with zero attached hydrogens (tertiary/aromatic N) is 2. The quantitative estimate of drug-likeness (QED) is 0.477. The van der Waals surface area contributed by atoms with E-state index in [-0.39, 0.29) is 18.0 Å². The number of fused-ring (bicyclic) bond motifs is 3. The molecule has 5 rings (SSSR count). The molecule has 156 valence electrons. The van der Waals surface area contributed by atoms with Gasteiger partial charge in [0.1, 0.15) is 12.4 Å². The van der Waals surface area contributed by atoms with Gasteiger partial charge in [-0.25, -0.2) is 9.78 Å². The van der Waals surface area contributed by atoms with Crippen molar-refractivity contribution >= 4 is 39.4 Å². The van der Waals surface area contributed by atoms with Crippen molar-refractivity contribution < 1.29 is 9.53 Å². The predicted octanol–water partition coefficient (Wildman–Crippen LogP) is 4.61. The summed E-state index contributed by atoms with van der Waals surface area (Å²) >= 11 is 6.02. The normalized spacial score (nSPS) is 15.7. The number of hydrogen-bond acceptors (Lipinski definition) is 5. The van der Waals surface area contributed by atoms with Gasteiger partial charge in [0.15, 0.2) is 0 Å². The number of ether oxygens (including phenoxy) is 1. The van der Waals surface area contributed by atoms with E-state index in [4.69, 9.17) is 21.3 Å². The zero-order valence-electron chi connectivity index (χ0n) is 16.9. The predicted molar refractivity (Wildman–Crippen MR) is 119 cm³/mol. The lowest BCUT2D eigenvalue weighted by Crippen LogP contribution is -2.20. The Morgan fingerprint density at radius 3 is 2.87 bits per heavy atom. The Bertz CT molecular complexity index is 1400. The second kappa shape index (κ2) is 7.78. The lowest BCUT2D eigenvalue weighted by molar-refractivity contribution is 0.0462. The zero-order valence-corrected chi connectivity index (χ0v) is 17.7. The minimum atomic E-state index is -0.433. The third-order valence-corrected chi connectivity index (χ3v) is 6.00. The topological polar surface area (TPSA) is 84.9 Å². The van der Waals surface area contributed by atoms with Crippen LogP contribution < -0.4 is 5.56 Å². The van der Waals surface area contributed by atoms with E-state index in [1.165, 1.54) is 0 Å². The lowest BCUT2D eigenvalue weighted by atomic mass is 9.84. The van der Waals surface area contributed by atoms with Crippen molar-refractivity contribution in [3.63, 3.8) is 0 Å². The molecule has 2 aromatic heterocycles. The van der Waals surface area contributed by atoms with Gasteiger partial charge >= 0.3 is 5.97 Å². The van der Waals surface area contributed by atoms with Crippen molar-refractivity contribution in [2.75, 3.05) is 0 Å². The summed E-state index contributed by atoms with van der Waals surface area (Å²) in [4.78, 5) is 37.4. The summed E-state index contributed by atoms with van der Waals surface area (Å²) in [6.45, 7) is 2.04. The third kappa shape index (κ3) is 3.68. The molecule has 31 heavy (non-hydrogen) atoms. The molecular formula is C24H20ClN3O3. The molecule has 0 fully saturated rings. The number of pyridine rings is 1. The van der Waals surface area contributed by atoms with Crippen LogP contribution in [0.25, 0.3) is 21.8 Å². The number of aromatic nitrogens is 3. The van der Waals surface area contributed by atoms with Gasteiger partial charge in [0, 0.05) is 16.1 Å². The molecular weight excluding hydrogens is 414 g/mol. The van der Waals surface area contributed by atoms with Gasteiger partial charge in [0.25, 0.3) is 5.56 Å². The van der Waals surface area contributed by atoms with Crippen molar-refractivity contribution in [1.29, 1.82) is 0 Å². The summed E-state index contributed by atoms with van der Waals surface area (Å²) in [5, 5.41) is 1.70. The lowest BCUT2D eigenvalue weighted by Gasteiger charge is -2.24. The highest BCUT2D eigenvalue weighted by molar-refractivity contribution is 6.31. The molecule has 0 bridgehead atoms. The van der Waals surface area contributed by atoms with Gasteiger partial charge in [-0.05, 0) is 55.0 Å². The second-order valence-corrected chi connectivity index (χ2v) is 8.46. The Hall–Kier alpha value is -3.25. The molecule has 1 aliphatic rings. The molecule has 0 saturated heterocycles. The maximum absolute atomic E-state index is 13.2. The van der Waals surface area contributed by atoms with E-state index in [9.17, 15) is 9.59 Å². The summed E-state index contributed by atoms with van der Waals surface area (Å²) in [7, 11) is 0. The third-order valence-electron chi connectivity index (χ3n) is 5.77. The van der Waals surface area contributed by atoms with E-state index in [1.807, 2.05) is 24.3 Å². The number of aromatic amines is 1. The molecule has 7 heteroatoms. The highest BCUT2D eigenvalue weighted by Gasteiger charge is 2.26. The van der Waals surface area contributed by atoms with Crippen molar-refractivity contribution in [3.8, 4) is 0 Å². The van der Waals surface area contributed by atoms with Crippen molar-refractivity contribution in [3.05, 3.63) is 80.5 Å². The molecule has 0 spiro atoms.